The monoisotopic (exact) mass is 301 g/mol. The van der Waals surface area contributed by atoms with E-state index >= 15 is 0 Å². The summed E-state index contributed by atoms with van der Waals surface area (Å²) in [5.41, 5.74) is 8.38. The molecular formula is C15H19N5S. The standard InChI is InChI=1S/C15H19N5S/c1-10-5-6-12(9-11(10)2)21-15-18-13(16)17-14(19-15)20-7-3-4-8-20/h5-6,9H,3-4,7-8H2,1-2H3,(H2,16,17,18,19). The van der Waals surface area contributed by atoms with E-state index in [1.165, 1.54) is 35.7 Å². The summed E-state index contributed by atoms with van der Waals surface area (Å²) in [7, 11) is 0. The molecule has 1 aliphatic rings. The van der Waals surface area contributed by atoms with Crippen LogP contribution in [-0.2, 0) is 0 Å². The highest BCUT2D eigenvalue weighted by Crippen LogP contribution is 2.28. The summed E-state index contributed by atoms with van der Waals surface area (Å²) in [6.45, 7) is 6.21. The van der Waals surface area contributed by atoms with E-state index in [9.17, 15) is 0 Å². The first kappa shape index (κ1) is 14.1. The minimum atomic E-state index is 0.290. The Bertz CT molecular complexity index is 653. The second-order valence-electron chi connectivity index (χ2n) is 5.32. The summed E-state index contributed by atoms with van der Waals surface area (Å²) in [5, 5.41) is 0.660. The quantitative estimate of drug-likeness (QED) is 0.940. The molecule has 0 radical (unpaired) electrons. The van der Waals surface area contributed by atoms with Gasteiger partial charge in [-0.25, -0.2) is 0 Å². The minimum Gasteiger partial charge on any atom is -0.368 e. The molecule has 1 aromatic heterocycles. The van der Waals surface area contributed by atoms with Crippen molar-refractivity contribution in [3.05, 3.63) is 29.3 Å². The molecule has 1 fully saturated rings. The Morgan fingerprint density at radius 2 is 1.81 bits per heavy atom. The van der Waals surface area contributed by atoms with Gasteiger partial charge in [0.2, 0.25) is 11.9 Å². The summed E-state index contributed by atoms with van der Waals surface area (Å²) in [4.78, 5) is 16.3. The molecule has 1 saturated heterocycles. The first-order chi connectivity index (χ1) is 10.1. The third-order valence-corrected chi connectivity index (χ3v) is 4.55. The molecule has 2 aromatic rings. The second-order valence-corrected chi connectivity index (χ2v) is 6.36. The molecule has 6 heteroatoms. The number of benzene rings is 1. The van der Waals surface area contributed by atoms with Crippen molar-refractivity contribution in [3.8, 4) is 0 Å². The van der Waals surface area contributed by atoms with Crippen molar-refractivity contribution in [2.24, 2.45) is 0 Å². The molecule has 2 heterocycles. The number of aromatic nitrogens is 3. The number of nitrogens with zero attached hydrogens (tertiary/aromatic N) is 4. The fourth-order valence-corrected chi connectivity index (χ4v) is 3.20. The largest absolute Gasteiger partial charge is 0.368 e. The van der Waals surface area contributed by atoms with Crippen LogP contribution < -0.4 is 10.6 Å². The Balaban J connectivity index is 1.85. The van der Waals surface area contributed by atoms with Crippen LogP contribution in [0.25, 0.3) is 0 Å². The van der Waals surface area contributed by atoms with Crippen LogP contribution in [0.1, 0.15) is 24.0 Å². The lowest BCUT2D eigenvalue weighted by Crippen LogP contribution is -2.21. The van der Waals surface area contributed by atoms with Gasteiger partial charge < -0.3 is 10.6 Å². The SMILES string of the molecule is Cc1ccc(Sc2nc(N)nc(N3CCCC3)n2)cc1C. The van der Waals surface area contributed by atoms with Crippen LogP contribution in [0.2, 0.25) is 0 Å². The van der Waals surface area contributed by atoms with Crippen molar-refractivity contribution in [2.75, 3.05) is 23.7 Å². The highest BCUT2D eigenvalue weighted by Gasteiger charge is 2.17. The maximum absolute atomic E-state index is 5.83. The van der Waals surface area contributed by atoms with Crippen molar-refractivity contribution in [1.29, 1.82) is 0 Å². The van der Waals surface area contributed by atoms with Crippen molar-refractivity contribution in [2.45, 2.75) is 36.7 Å². The van der Waals surface area contributed by atoms with E-state index in [4.69, 9.17) is 5.73 Å². The summed E-state index contributed by atoms with van der Waals surface area (Å²) >= 11 is 1.53. The van der Waals surface area contributed by atoms with Crippen LogP contribution in [0.15, 0.2) is 28.3 Å². The number of hydrogen-bond donors (Lipinski definition) is 1. The van der Waals surface area contributed by atoms with Gasteiger partial charge in [0.1, 0.15) is 0 Å². The number of aryl methyl sites for hydroxylation is 2. The van der Waals surface area contributed by atoms with E-state index in [1.807, 2.05) is 0 Å². The maximum atomic E-state index is 5.83. The number of hydrogen-bond acceptors (Lipinski definition) is 6. The molecule has 1 aliphatic heterocycles. The molecule has 0 bridgehead atoms. The fourth-order valence-electron chi connectivity index (χ4n) is 2.35. The Hall–Kier alpha value is -1.82. The van der Waals surface area contributed by atoms with Crippen LogP contribution in [0, 0.1) is 13.8 Å². The minimum absolute atomic E-state index is 0.290. The van der Waals surface area contributed by atoms with Crippen LogP contribution in [0.5, 0.6) is 0 Å². The predicted octanol–water partition coefficient (Wildman–Crippen LogP) is 2.82. The number of nitrogens with two attached hydrogens (primary N) is 1. The first-order valence-corrected chi connectivity index (χ1v) is 7.95. The van der Waals surface area contributed by atoms with Crippen molar-refractivity contribution in [1.82, 2.24) is 15.0 Å². The number of nitrogen functional groups attached to an aromatic ring is 1. The van der Waals surface area contributed by atoms with Crippen LogP contribution in [-0.4, -0.2) is 28.0 Å². The summed E-state index contributed by atoms with van der Waals surface area (Å²) in [5.74, 6) is 0.990. The summed E-state index contributed by atoms with van der Waals surface area (Å²) < 4.78 is 0. The third kappa shape index (κ3) is 3.26. The molecule has 0 saturated carbocycles. The molecule has 0 amide bonds. The fraction of sp³-hybridized carbons (Fsp3) is 0.400. The Morgan fingerprint density at radius 1 is 1.05 bits per heavy atom. The molecular weight excluding hydrogens is 282 g/mol. The van der Waals surface area contributed by atoms with Crippen molar-refractivity contribution >= 4 is 23.7 Å². The molecule has 0 unspecified atom stereocenters. The van der Waals surface area contributed by atoms with Gasteiger partial charge in [0.15, 0.2) is 5.16 Å². The van der Waals surface area contributed by atoms with E-state index in [0.29, 0.717) is 17.1 Å². The first-order valence-electron chi connectivity index (χ1n) is 7.13. The zero-order valence-electron chi connectivity index (χ0n) is 12.3. The van der Waals surface area contributed by atoms with Gasteiger partial charge in [-0.1, -0.05) is 6.07 Å². The highest BCUT2D eigenvalue weighted by atomic mass is 32.2. The average Bonchev–Trinajstić information content (AvgIpc) is 2.96. The molecule has 1 aromatic carbocycles. The van der Waals surface area contributed by atoms with Gasteiger partial charge >= 0.3 is 0 Å². The molecule has 0 aliphatic carbocycles. The smallest absolute Gasteiger partial charge is 0.231 e. The molecule has 0 atom stereocenters. The molecule has 5 nitrogen and oxygen atoms in total. The van der Waals surface area contributed by atoms with Gasteiger partial charge in [-0.15, -0.1) is 0 Å². The van der Waals surface area contributed by atoms with Gasteiger partial charge in [-0.3, -0.25) is 0 Å². The summed E-state index contributed by atoms with van der Waals surface area (Å²) in [6.07, 6.45) is 2.37. The van der Waals surface area contributed by atoms with Crippen LogP contribution in [0.4, 0.5) is 11.9 Å². The second kappa shape index (κ2) is 5.89. The molecule has 2 N–H and O–H groups in total. The molecule has 21 heavy (non-hydrogen) atoms. The van der Waals surface area contributed by atoms with E-state index in [-0.39, 0.29) is 0 Å². The van der Waals surface area contributed by atoms with E-state index < -0.39 is 0 Å². The van der Waals surface area contributed by atoms with E-state index in [1.54, 1.807) is 0 Å². The maximum Gasteiger partial charge on any atom is 0.231 e. The zero-order chi connectivity index (χ0) is 14.8. The predicted molar refractivity (Wildman–Crippen MR) is 85.7 cm³/mol. The zero-order valence-corrected chi connectivity index (χ0v) is 13.2. The molecule has 110 valence electrons. The van der Waals surface area contributed by atoms with Gasteiger partial charge in [0.05, 0.1) is 0 Å². The summed E-state index contributed by atoms with van der Waals surface area (Å²) in [6, 6.07) is 6.35. The van der Waals surface area contributed by atoms with E-state index in [2.05, 4.69) is 51.9 Å². The lowest BCUT2D eigenvalue weighted by atomic mass is 10.1. The number of anilines is 2. The van der Waals surface area contributed by atoms with E-state index in [0.717, 1.165) is 18.0 Å². The molecule has 0 spiro atoms. The third-order valence-electron chi connectivity index (χ3n) is 3.70. The molecule has 3 rings (SSSR count). The van der Waals surface area contributed by atoms with Gasteiger partial charge in [-0.05, 0) is 61.7 Å². The lowest BCUT2D eigenvalue weighted by Gasteiger charge is -2.15. The van der Waals surface area contributed by atoms with Crippen molar-refractivity contribution < 1.29 is 0 Å². The van der Waals surface area contributed by atoms with Crippen molar-refractivity contribution in [3.63, 3.8) is 0 Å². The number of rotatable bonds is 3. The highest BCUT2D eigenvalue weighted by molar-refractivity contribution is 7.99. The Labute approximate surface area is 129 Å². The lowest BCUT2D eigenvalue weighted by molar-refractivity contribution is 0.834. The van der Waals surface area contributed by atoms with Gasteiger partial charge in [0, 0.05) is 18.0 Å². The Morgan fingerprint density at radius 3 is 2.52 bits per heavy atom. The van der Waals surface area contributed by atoms with Crippen LogP contribution in [0.3, 0.4) is 0 Å². The van der Waals surface area contributed by atoms with Gasteiger partial charge in [-0.2, -0.15) is 15.0 Å². The van der Waals surface area contributed by atoms with Crippen LogP contribution >= 0.6 is 11.8 Å². The average molecular weight is 301 g/mol. The normalized spacial score (nSPS) is 14.7. The van der Waals surface area contributed by atoms with Gasteiger partial charge in [0.25, 0.3) is 0 Å². The topological polar surface area (TPSA) is 67.9 Å². The Kier molecular flexibility index (Phi) is 3.96.